The summed E-state index contributed by atoms with van der Waals surface area (Å²) < 4.78 is 5.18. The van der Waals surface area contributed by atoms with Gasteiger partial charge in [0.15, 0.2) is 0 Å². The third-order valence-corrected chi connectivity index (χ3v) is 3.40. The van der Waals surface area contributed by atoms with Crippen molar-refractivity contribution < 1.29 is 4.74 Å². The van der Waals surface area contributed by atoms with Gasteiger partial charge in [0.2, 0.25) is 0 Å². The second-order valence-electron chi connectivity index (χ2n) is 4.20. The largest absolute Gasteiger partial charge is 0.378 e. The highest BCUT2D eigenvalue weighted by Gasteiger charge is 2.10. The topological polar surface area (TPSA) is 34.1 Å². The summed E-state index contributed by atoms with van der Waals surface area (Å²) in [5, 5.41) is 4.66. The zero-order valence-electron chi connectivity index (χ0n) is 10.7. The van der Waals surface area contributed by atoms with Crippen LogP contribution in [0.1, 0.15) is 42.8 Å². The zero-order valence-corrected chi connectivity index (χ0v) is 11.5. The summed E-state index contributed by atoms with van der Waals surface area (Å²) in [7, 11) is 1.72. The normalized spacial score (nSPS) is 11.3. The van der Waals surface area contributed by atoms with E-state index in [0.29, 0.717) is 12.6 Å². The van der Waals surface area contributed by atoms with Crippen LogP contribution in [0.5, 0.6) is 0 Å². The molecule has 0 atom stereocenters. The van der Waals surface area contributed by atoms with Gasteiger partial charge in [-0.25, -0.2) is 4.98 Å². The molecule has 0 saturated heterocycles. The third-order valence-electron chi connectivity index (χ3n) is 2.24. The predicted octanol–water partition coefficient (Wildman–Crippen LogP) is 2.74. The maximum Gasteiger partial charge on any atom is 0.0932 e. The van der Waals surface area contributed by atoms with Gasteiger partial charge in [-0.05, 0) is 12.8 Å². The van der Waals surface area contributed by atoms with Crippen LogP contribution >= 0.6 is 11.3 Å². The second kappa shape index (κ2) is 6.99. The Morgan fingerprint density at radius 3 is 2.75 bits per heavy atom. The van der Waals surface area contributed by atoms with E-state index in [4.69, 9.17) is 4.74 Å². The standard InChI is InChI=1S/C12H22N2OS/c1-5-6-12-14-10(8-15-4)11(16-12)7-13-9(2)3/h9,13H,5-8H2,1-4H3. The minimum Gasteiger partial charge on any atom is -0.378 e. The van der Waals surface area contributed by atoms with E-state index in [1.54, 1.807) is 7.11 Å². The average Bonchev–Trinajstić information content (AvgIpc) is 2.59. The van der Waals surface area contributed by atoms with Crippen LogP contribution in [-0.4, -0.2) is 18.1 Å². The molecular weight excluding hydrogens is 220 g/mol. The van der Waals surface area contributed by atoms with Gasteiger partial charge in [0, 0.05) is 24.6 Å². The molecule has 1 aromatic heterocycles. The van der Waals surface area contributed by atoms with Crippen molar-refractivity contribution in [1.29, 1.82) is 0 Å². The molecule has 16 heavy (non-hydrogen) atoms. The first-order valence-electron chi connectivity index (χ1n) is 5.87. The third kappa shape index (κ3) is 4.20. The van der Waals surface area contributed by atoms with Gasteiger partial charge in [-0.15, -0.1) is 11.3 Å². The minimum absolute atomic E-state index is 0.507. The summed E-state index contributed by atoms with van der Waals surface area (Å²) in [6, 6.07) is 0.507. The van der Waals surface area contributed by atoms with Gasteiger partial charge in [0.1, 0.15) is 0 Å². The summed E-state index contributed by atoms with van der Waals surface area (Å²) in [6.45, 7) is 8.02. The number of thiazole rings is 1. The Hall–Kier alpha value is -0.450. The van der Waals surface area contributed by atoms with Crippen molar-refractivity contribution in [3.8, 4) is 0 Å². The van der Waals surface area contributed by atoms with E-state index in [9.17, 15) is 0 Å². The quantitative estimate of drug-likeness (QED) is 0.798. The van der Waals surface area contributed by atoms with Crippen molar-refractivity contribution in [3.05, 3.63) is 15.6 Å². The molecule has 0 aliphatic carbocycles. The van der Waals surface area contributed by atoms with Gasteiger partial charge < -0.3 is 10.1 Å². The monoisotopic (exact) mass is 242 g/mol. The summed E-state index contributed by atoms with van der Waals surface area (Å²) in [4.78, 5) is 5.94. The van der Waals surface area contributed by atoms with Crippen LogP contribution in [0.15, 0.2) is 0 Å². The zero-order chi connectivity index (χ0) is 12.0. The number of ether oxygens (including phenoxy) is 1. The van der Waals surface area contributed by atoms with Gasteiger partial charge in [0.25, 0.3) is 0 Å². The van der Waals surface area contributed by atoms with Gasteiger partial charge in [-0.3, -0.25) is 0 Å². The molecule has 0 fully saturated rings. The Morgan fingerprint density at radius 2 is 2.19 bits per heavy atom. The number of nitrogens with zero attached hydrogens (tertiary/aromatic N) is 1. The number of aryl methyl sites for hydroxylation is 1. The van der Waals surface area contributed by atoms with Crippen LogP contribution in [0.3, 0.4) is 0 Å². The first-order valence-corrected chi connectivity index (χ1v) is 6.68. The van der Waals surface area contributed by atoms with E-state index in [1.807, 2.05) is 11.3 Å². The number of hydrogen-bond donors (Lipinski definition) is 1. The first kappa shape index (κ1) is 13.6. The van der Waals surface area contributed by atoms with Crippen molar-refractivity contribution in [2.75, 3.05) is 7.11 Å². The lowest BCUT2D eigenvalue weighted by Crippen LogP contribution is -2.21. The van der Waals surface area contributed by atoms with E-state index < -0.39 is 0 Å². The summed E-state index contributed by atoms with van der Waals surface area (Å²) in [5.41, 5.74) is 1.10. The molecule has 0 aliphatic rings. The maximum absolute atomic E-state index is 5.18. The van der Waals surface area contributed by atoms with E-state index in [1.165, 1.54) is 9.88 Å². The van der Waals surface area contributed by atoms with E-state index in [2.05, 4.69) is 31.1 Å². The van der Waals surface area contributed by atoms with Crippen LogP contribution in [0, 0.1) is 0 Å². The lowest BCUT2D eigenvalue weighted by molar-refractivity contribution is 0.181. The van der Waals surface area contributed by atoms with Crippen molar-refractivity contribution in [1.82, 2.24) is 10.3 Å². The molecule has 1 rings (SSSR count). The molecule has 0 saturated carbocycles. The van der Waals surface area contributed by atoms with Crippen molar-refractivity contribution in [3.63, 3.8) is 0 Å². The predicted molar refractivity (Wildman–Crippen MR) is 68.8 cm³/mol. The lowest BCUT2D eigenvalue weighted by Gasteiger charge is -2.07. The Labute approximate surface area is 102 Å². The summed E-state index contributed by atoms with van der Waals surface area (Å²) in [6.07, 6.45) is 2.22. The molecule has 0 amide bonds. The van der Waals surface area contributed by atoms with Crippen molar-refractivity contribution in [2.45, 2.75) is 52.8 Å². The Kier molecular flexibility index (Phi) is 5.95. The lowest BCUT2D eigenvalue weighted by atomic mass is 10.3. The van der Waals surface area contributed by atoms with Crippen LogP contribution < -0.4 is 5.32 Å². The highest BCUT2D eigenvalue weighted by molar-refractivity contribution is 7.11. The van der Waals surface area contributed by atoms with Crippen LogP contribution in [0.2, 0.25) is 0 Å². The molecule has 0 unspecified atom stereocenters. The molecule has 0 spiro atoms. The molecular formula is C12H22N2OS. The Morgan fingerprint density at radius 1 is 1.44 bits per heavy atom. The number of hydrogen-bond acceptors (Lipinski definition) is 4. The highest BCUT2D eigenvalue weighted by atomic mass is 32.1. The molecule has 4 heteroatoms. The highest BCUT2D eigenvalue weighted by Crippen LogP contribution is 2.20. The maximum atomic E-state index is 5.18. The summed E-state index contributed by atoms with van der Waals surface area (Å²) in [5.74, 6) is 0. The van der Waals surface area contributed by atoms with Gasteiger partial charge >= 0.3 is 0 Å². The molecule has 1 heterocycles. The number of nitrogens with one attached hydrogen (secondary N) is 1. The smallest absolute Gasteiger partial charge is 0.0932 e. The molecule has 92 valence electrons. The fourth-order valence-corrected chi connectivity index (χ4v) is 2.57. The fraction of sp³-hybridized carbons (Fsp3) is 0.750. The first-order chi connectivity index (χ1) is 7.67. The van der Waals surface area contributed by atoms with Crippen LogP contribution in [0.25, 0.3) is 0 Å². The molecule has 1 N–H and O–H groups in total. The fourth-order valence-electron chi connectivity index (χ4n) is 1.44. The van der Waals surface area contributed by atoms with Crippen LogP contribution in [-0.2, 0) is 24.3 Å². The average molecular weight is 242 g/mol. The Bertz CT molecular complexity index is 310. The molecule has 0 radical (unpaired) electrons. The van der Waals surface area contributed by atoms with Gasteiger partial charge in [0.05, 0.1) is 17.3 Å². The number of methoxy groups -OCH3 is 1. The second-order valence-corrected chi connectivity index (χ2v) is 5.36. The molecule has 0 aliphatic heterocycles. The van der Waals surface area contributed by atoms with Gasteiger partial charge in [-0.1, -0.05) is 20.8 Å². The van der Waals surface area contributed by atoms with Crippen molar-refractivity contribution >= 4 is 11.3 Å². The SMILES string of the molecule is CCCc1nc(COC)c(CNC(C)C)s1. The minimum atomic E-state index is 0.507. The Balaban J connectivity index is 2.70. The van der Waals surface area contributed by atoms with Crippen molar-refractivity contribution in [2.24, 2.45) is 0 Å². The number of rotatable bonds is 7. The summed E-state index contributed by atoms with van der Waals surface area (Å²) >= 11 is 1.81. The van der Waals surface area contributed by atoms with Gasteiger partial charge in [-0.2, -0.15) is 0 Å². The van der Waals surface area contributed by atoms with E-state index >= 15 is 0 Å². The molecule has 0 aromatic carbocycles. The van der Waals surface area contributed by atoms with E-state index in [0.717, 1.165) is 25.1 Å². The molecule has 1 aromatic rings. The molecule has 0 bridgehead atoms. The van der Waals surface area contributed by atoms with Crippen LogP contribution in [0.4, 0.5) is 0 Å². The number of aromatic nitrogens is 1. The van der Waals surface area contributed by atoms with E-state index in [-0.39, 0.29) is 0 Å². The molecule has 3 nitrogen and oxygen atoms in total.